The highest BCUT2D eigenvalue weighted by Gasteiger charge is 2.23. The number of nitrogens with one attached hydrogen (secondary N) is 2. The van der Waals surface area contributed by atoms with Crippen LogP contribution >= 0.6 is 0 Å². The first-order valence-corrected chi connectivity index (χ1v) is 8.64. The normalized spacial score (nSPS) is 15.8. The van der Waals surface area contributed by atoms with Crippen molar-refractivity contribution in [1.29, 1.82) is 0 Å². The molecule has 0 aliphatic carbocycles. The second kappa shape index (κ2) is 7.79. The lowest BCUT2D eigenvalue weighted by molar-refractivity contribution is -0.128. The zero-order valence-corrected chi connectivity index (χ0v) is 15.2. The number of piperidine rings is 1. The lowest BCUT2D eigenvalue weighted by Crippen LogP contribution is -2.43. The Labute approximate surface area is 144 Å². The lowest BCUT2D eigenvalue weighted by atomic mass is 9.95. The summed E-state index contributed by atoms with van der Waals surface area (Å²) in [5.74, 6) is 0.0838. The van der Waals surface area contributed by atoms with Gasteiger partial charge in [0.05, 0.1) is 0 Å². The molecule has 5 nitrogen and oxygen atoms in total. The number of amides is 2. The van der Waals surface area contributed by atoms with E-state index in [0.717, 1.165) is 31.5 Å². The molecule has 2 N–H and O–H groups in total. The topological polar surface area (TPSA) is 61.4 Å². The van der Waals surface area contributed by atoms with Crippen LogP contribution in [0, 0.1) is 5.41 Å². The van der Waals surface area contributed by atoms with Crippen LogP contribution in [0.4, 0.5) is 0 Å². The van der Waals surface area contributed by atoms with Crippen LogP contribution < -0.4 is 10.6 Å². The highest BCUT2D eigenvalue weighted by Crippen LogP contribution is 2.15. The molecule has 132 valence electrons. The van der Waals surface area contributed by atoms with Crippen LogP contribution in [0.1, 0.15) is 49.5 Å². The van der Waals surface area contributed by atoms with Gasteiger partial charge in [0.2, 0.25) is 5.91 Å². The van der Waals surface area contributed by atoms with E-state index in [0.29, 0.717) is 18.2 Å². The fraction of sp³-hybridized carbons (Fsp3) is 0.579. The van der Waals surface area contributed by atoms with Crippen LogP contribution in [0.15, 0.2) is 24.3 Å². The van der Waals surface area contributed by atoms with Crippen LogP contribution in [0.25, 0.3) is 0 Å². The van der Waals surface area contributed by atoms with E-state index in [1.54, 1.807) is 0 Å². The number of hydrogen-bond acceptors (Lipinski definition) is 3. The van der Waals surface area contributed by atoms with Crippen LogP contribution in [-0.2, 0) is 11.3 Å². The standard InChI is InChI=1S/C19H29N3O2/c1-19(2,3)18(24)21-13-14-5-7-15(8-6-14)17(23)22(4)16-9-11-20-12-10-16/h5-8,16,20H,9-13H2,1-4H3,(H,21,24). The van der Waals surface area contributed by atoms with Gasteiger partial charge in [-0.15, -0.1) is 0 Å². The first-order valence-electron chi connectivity index (χ1n) is 8.64. The average molecular weight is 331 g/mol. The van der Waals surface area contributed by atoms with E-state index in [9.17, 15) is 9.59 Å². The lowest BCUT2D eigenvalue weighted by Gasteiger charge is -2.31. The number of carbonyl (C=O) groups excluding carboxylic acids is 2. The van der Waals surface area contributed by atoms with Crippen LogP contribution in [0.5, 0.6) is 0 Å². The summed E-state index contributed by atoms with van der Waals surface area (Å²) in [7, 11) is 1.88. The van der Waals surface area contributed by atoms with E-state index >= 15 is 0 Å². The SMILES string of the molecule is CN(C(=O)c1ccc(CNC(=O)C(C)(C)C)cc1)C1CCNCC1. The fourth-order valence-electron chi connectivity index (χ4n) is 2.78. The van der Waals surface area contributed by atoms with Gasteiger partial charge in [-0.2, -0.15) is 0 Å². The van der Waals surface area contributed by atoms with Crippen molar-refractivity contribution in [2.75, 3.05) is 20.1 Å². The van der Waals surface area contributed by atoms with Crippen molar-refractivity contribution >= 4 is 11.8 Å². The second-order valence-corrected chi connectivity index (χ2v) is 7.53. The Morgan fingerprint density at radius 3 is 2.29 bits per heavy atom. The maximum atomic E-state index is 12.6. The molecule has 1 aromatic rings. The Bertz CT molecular complexity index is 569. The summed E-state index contributed by atoms with van der Waals surface area (Å²) >= 11 is 0. The predicted molar refractivity (Wildman–Crippen MR) is 95.7 cm³/mol. The van der Waals surface area contributed by atoms with Gasteiger partial charge in [0.15, 0.2) is 0 Å². The van der Waals surface area contributed by atoms with E-state index in [2.05, 4.69) is 10.6 Å². The van der Waals surface area contributed by atoms with Crippen molar-refractivity contribution in [2.24, 2.45) is 5.41 Å². The molecule has 1 aromatic carbocycles. The molecule has 0 saturated carbocycles. The highest BCUT2D eigenvalue weighted by atomic mass is 16.2. The second-order valence-electron chi connectivity index (χ2n) is 7.53. The first-order chi connectivity index (χ1) is 11.3. The Balaban J connectivity index is 1.93. The summed E-state index contributed by atoms with van der Waals surface area (Å²) in [5, 5.41) is 6.24. The molecule has 2 rings (SSSR count). The molecule has 0 unspecified atom stereocenters. The molecule has 1 aliphatic rings. The van der Waals surface area contributed by atoms with Gasteiger partial charge in [-0.3, -0.25) is 9.59 Å². The highest BCUT2D eigenvalue weighted by molar-refractivity contribution is 5.94. The van der Waals surface area contributed by atoms with E-state index in [4.69, 9.17) is 0 Å². The van der Waals surface area contributed by atoms with Gasteiger partial charge in [-0.05, 0) is 43.6 Å². The number of nitrogens with zero attached hydrogens (tertiary/aromatic N) is 1. The molecule has 1 saturated heterocycles. The third-order valence-corrected chi connectivity index (χ3v) is 4.51. The predicted octanol–water partition coefficient (Wildman–Crippen LogP) is 2.17. The summed E-state index contributed by atoms with van der Waals surface area (Å²) in [5.41, 5.74) is 1.30. The molecule has 0 bridgehead atoms. The van der Waals surface area contributed by atoms with Gasteiger partial charge in [-0.1, -0.05) is 32.9 Å². The minimum absolute atomic E-state index is 0.0216. The Kier molecular flexibility index (Phi) is 5.99. The zero-order valence-electron chi connectivity index (χ0n) is 15.2. The Hall–Kier alpha value is -1.88. The molecule has 1 heterocycles. The number of rotatable bonds is 4. The van der Waals surface area contributed by atoms with Gasteiger partial charge in [-0.25, -0.2) is 0 Å². The molecule has 0 spiro atoms. The van der Waals surface area contributed by atoms with Crippen LogP contribution in [0.3, 0.4) is 0 Å². The summed E-state index contributed by atoms with van der Waals surface area (Å²) in [4.78, 5) is 26.3. The minimum Gasteiger partial charge on any atom is -0.352 e. The quantitative estimate of drug-likeness (QED) is 0.889. The van der Waals surface area contributed by atoms with E-state index < -0.39 is 5.41 Å². The van der Waals surface area contributed by atoms with Crippen molar-refractivity contribution in [3.8, 4) is 0 Å². The molecule has 2 amide bonds. The van der Waals surface area contributed by atoms with Crippen LogP contribution in [0.2, 0.25) is 0 Å². The molecule has 0 radical (unpaired) electrons. The first kappa shape index (κ1) is 18.5. The number of benzene rings is 1. The third kappa shape index (κ3) is 4.81. The monoisotopic (exact) mass is 331 g/mol. The fourth-order valence-corrected chi connectivity index (χ4v) is 2.78. The summed E-state index contributed by atoms with van der Waals surface area (Å²) in [6, 6.07) is 7.82. The Morgan fingerprint density at radius 2 is 1.75 bits per heavy atom. The molecular formula is C19H29N3O2. The van der Waals surface area contributed by atoms with Crippen LogP contribution in [-0.4, -0.2) is 42.9 Å². The van der Waals surface area contributed by atoms with Gasteiger partial charge < -0.3 is 15.5 Å². The largest absolute Gasteiger partial charge is 0.352 e. The van der Waals surface area contributed by atoms with E-state index in [1.807, 2.05) is 57.0 Å². The number of carbonyl (C=O) groups is 2. The molecule has 5 heteroatoms. The molecule has 0 aromatic heterocycles. The third-order valence-electron chi connectivity index (χ3n) is 4.51. The van der Waals surface area contributed by atoms with Crippen molar-refractivity contribution in [2.45, 2.75) is 46.2 Å². The summed E-state index contributed by atoms with van der Waals surface area (Å²) in [6.45, 7) is 8.08. The van der Waals surface area contributed by atoms with Crippen molar-refractivity contribution in [3.63, 3.8) is 0 Å². The number of hydrogen-bond donors (Lipinski definition) is 2. The van der Waals surface area contributed by atoms with E-state index in [-0.39, 0.29) is 11.8 Å². The van der Waals surface area contributed by atoms with E-state index in [1.165, 1.54) is 0 Å². The molecule has 24 heavy (non-hydrogen) atoms. The maximum absolute atomic E-state index is 12.6. The molecule has 1 aliphatic heterocycles. The molecule has 0 atom stereocenters. The van der Waals surface area contributed by atoms with Gasteiger partial charge in [0.1, 0.15) is 0 Å². The van der Waals surface area contributed by atoms with Gasteiger partial charge in [0, 0.05) is 30.6 Å². The zero-order chi connectivity index (χ0) is 17.7. The molecular weight excluding hydrogens is 302 g/mol. The van der Waals surface area contributed by atoms with Crippen molar-refractivity contribution < 1.29 is 9.59 Å². The minimum atomic E-state index is -0.395. The summed E-state index contributed by atoms with van der Waals surface area (Å²) in [6.07, 6.45) is 2.00. The van der Waals surface area contributed by atoms with Gasteiger partial charge in [0.25, 0.3) is 5.91 Å². The Morgan fingerprint density at radius 1 is 1.17 bits per heavy atom. The smallest absolute Gasteiger partial charge is 0.253 e. The van der Waals surface area contributed by atoms with Crippen molar-refractivity contribution in [3.05, 3.63) is 35.4 Å². The summed E-state index contributed by atoms with van der Waals surface area (Å²) < 4.78 is 0. The van der Waals surface area contributed by atoms with Crippen molar-refractivity contribution in [1.82, 2.24) is 15.5 Å². The van der Waals surface area contributed by atoms with Gasteiger partial charge >= 0.3 is 0 Å². The average Bonchev–Trinajstić information content (AvgIpc) is 2.58. The maximum Gasteiger partial charge on any atom is 0.253 e. The molecule has 1 fully saturated rings.